The zero-order valence-corrected chi connectivity index (χ0v) is 18.8. The van der Waals surface area contributed by atoms with E-state index >= 15 is 0 Å². The molecule has 2 rings (SSSR count). The number of halogens is 4. The third-order valence-electron chi connectivity index (χ3n) is 4.44. The molecule has 0 bridgehead atoms. The number of guanidine groups is 1. The molecule has 29 heavy (non-hydrogen) atoms. The average Bonchev–Trinajstić information content (AvgIpc) is 2.68. The van der Waals surface area contributed by atoms with E-state index in [9.17, 15) is 18.0 Å². The third kappa shape index (κ3) is 7.52. The topological polar surface area (TPSA) is 78.8 Å². The van der Waals surface area contributed by atoms with Crippen LogP contribution < -0.4 is 10.6 Å². The normalized spacial score (nSPS) is 15.5. The van der Waals surface area contributed by atoms with E-state index in [1.165, 1.54) is 12.3 Å². The molecule has 1 aromatic heterocycles. The second-order valence-electron chi connectivity index (χ2n) is 6.31. The van der Waals surface area contributed by atoms with Crippen molar-refractivity contribution < 1.29 is 22.7 Å². The molecule has 1 aromatic rings. The van der Waals surface area contributed by atoms with Crippen molar-refractivity contribution in [2.45, 2.75) is 25.9 Å². The number of aliphatic imine (C=N–C) groups is 1. The number of ether oxygens (including phenoxy) is 1. The van der Waals surface area contributed by atoms with Crippen LogP contribution in [-0.2, 0) is 15.7 Å². The van der Waals surface area contributed by atoms with E-state index in [0.29, 0.717) is 45.0 Å². The number of carbonyl (C=O) groups excluding carboxylic acids is 1. The lowest BCUT2D eigenvalue weighted by Crippen LogP contribution is -2.47. The zero-order valence-electron chi connectivity index (χ0n) is 16.5. The standard InChI is InChI=1S/C18H26F3N5O2.HI/c1-3-28-16(27)13-6-11-26(12-7-13)17(22-2)25-10-9-24-15-14(18(19,20)21)5-4-8-23-15;/h4-5,8,13H,3,6-7,9-12H2,1-2H3,(H,22,25)(H,23,24);1H. The molecule has 0 amide bonds. The molecular weight excluding hydrogens is 502 g/mol. The SMILES string of the molecule is CCOC(=O)C1CCN(C(=NC)NCCNc2ncccc2C(F)(F)F)CC1.I. The Labute approximate surface area is 185 Å². The Bertz CT molecular complexity index is 680. The number of piperidine rings is 1. The molecular formula is C18H27F3IN5O2. The Kier molecular flexibility index (Phi) is 10.5. The van der Waals surface area contributed by atoms with Crippen molar-refractivity contribution in [3.8, 4) is 0 Å². The van der Waals surface area contributed by atoms with E-state index in [1.807, 2.05) is 4.90 Å². The van der Waals surface area contributed by atoms with Gasteiger partial charge in [-0.25, -0.2) is 4.98 Å². The Morgan fingerprint density at radius 2 is 2.03 bits per heavy atom. The van der Waals surface area contributed by atoms with Gasteiger partial charge in [-0.1, -0.05) is 0 Å². The van der Waals surface area contributed by atoms with Gasteiger partial charge < -0.3 is 20.3 Å². The number of aromatic nitrogens is 1. The van der Waals surface area contributed by atoms with Gasteiger partial charge in [-0.05, 0) is 31.9 Å². The molecule has 0 aliphatic carbocycles. The van der Waals surface area contributed by atoms with Crippen LogP contribution in [0.1, 0.15) is 25.3 Å². The fraction of sp³-hybridized carbons (Fsp3) is 0.611. The lowest BCUT2D eigenvalue weighted by atomic mass is 9.97. The monoisotopic (exact) mass is 529 g/mol. The van der Waals surface area contributed by atoms with Crippen LogP contribution in [0.5, 0.6) is 0 Å². The lowest BCUT2D eigenvalue weighted by Gasteiger charge is -2.33. The van der Waals surface area contributed by atoms with Crippen molar-refractivity contribution in [3.05, 3.63) is 23.9 Å². The highest BCUT2D eigenvalue weighted by Gasteiger charge is 2.34. The summed E-state index contributed by atoms with van der Waals surface area (Å²) < 4.78 is 44.0. The predicted molar refractivity (Wildman–Crippen MR) is 115 cm³/mol. The second-order valence-corrected chi connectivity index (χ2v) is 6.31. The second kappa shape index (κ2) is 12.0. The number of nitrogens with one attached hydrogen (secondary N) is 2. The van der Waals surface area contributed by atoms with Gasteiger partial charge in [0.25, 0.3) is 0 Å². The average molecular weight is 529 g/mol. The number of carbonyl (C=O) groups is 1. The number of rotatable bonds is 6. The van der Waals surface area contributed by atoms with Gasteiger partial charge in [-0.3, -0.25) is 9.79 Å². The van der Waals surface area contributed by atoms with Crippen LogP contribution in [0.3, 0.4) is 0 Å². The molecule has 0 unspecified atom stereocenters. The van der Waals surface area contributed by atoms with Crippen LogP contribution in [-0.4, -0.2) is 61.6 Å². The van der Waals surface area contributed by atoms with Crippen molar-refractivity contribution in [3.63, 3.8) is 0 Å². The molecule has 1 aliphatic rings. The Morgan fingerprint density at radius 1 is 1.34 bits per heavy atom. The molecule has 2 N–H and O–H groups in total. The molecule has 7 nitrogen and oxygen atoms in total. The first-order chi connectivity index (χ1) is 13.4. The summed E-state index contributed by atoms with van der Waals surface area (Å²) in [6, 6.07) is 2.25. The minimum atomic E-state index is -4.46. The Hall–Kier alpha value is -1.79. The number of hydrogen-bond donors (Lipinski definition) is 2. The van der Waals surface area contributed by atoms with Crippen LogP contribution in [0.4, 0.5) is 19.0 Å². The number of pyridine rings is 1. The number of anilines is 1. The van der Waals surface area contributed by atoms with Crippen LogP contribution in [0.2, 0.25) is 0 Å². The molecule has 1 aliphatic heterocycles. The number of alkyl halides is 3. The highest BCUT2D eigenvalue weighted by atomic mass is 127. The minimum absolute atomic E-state index is 0. The van der Waals surface area contributed by atoms with Crippen molar-refractivity contribution in [1.29, 1.82) is 0 Å². The largest absolute Gasteiger partial charge is 0.466 e. The van der Waals surface area contributed by atoms with Gasteiger partial charge in [0, 0.05) is 39.4 Å². The summed E-state index contributed by atoms with van der Waals surface area (Å²) in [5, 5.41) is 5.83. The van der Waals surface area contributed by atoms with E-state index in [0.717, 1.165) is 6.07 Å². The Balaban J connectivity index is 0.00000420. The molecule has 0 spiro atoms. The van der Waals surface area contributed by atoms with Crippen LogP contribution in [0.25, 0.3) is 0 Å². The van der Waals surface area contributed by atoms with E-state index in [-0.39, 0.29) is 48.2 Å². The van der Waals surface area contributed by atoms with Gasteiger partial charge in [0.15, 0.2) is 5.96 Å². The van der Waals surface area contributed by atoms with Gasteiger partial charge in [-0.15, -0.1) is 24.0 Å². The van der Waals surface area contributed by atoms with Crippen LogP contribution in [0.15, 0.2) is 23.3 Å². The minimum Gasteiger partial charge on any atom is -0.466 e. The van der Waals surface area contributed by atoms with E-state index in [1.54, 1.807) is 14.0 Å². The first kappa shape index (κ1) is 25.2. The summed E-state index contributed by atoms with van der Waals surface area (Å²) in [4.78, 5) is 21.8. The maximum atomic E-state index is 13.0. The van der Waals surface area contributed by atoms with E-state index < -0.39 is 11.7 Å². The maximum absolute atomic E-state index is 13.0. The molecule has 0 atom stereocenters. The van der Waals surface area contributed by atoms with Crippen molar-refractivity contribution in [2.75, 3.05) is 45.2 Å². The quantitative estimate of drug-likeness (QED) is 0.194. The number of esters is 1. The summed E-state index contributed by atoms with van der Waals surface area (Å²) >= 11 is 0. The van der Waals surface area contributed by atoms with Crippen LogP contribution in [0, 0.1) is 5.92 Å². The summed E-state index contributed by atoms with van der Waals surface area (Å²) in [5.41, 5.74) is -0.791. The molecule has 1 fully saturated rings. The molecule has 0 saturated carbocycles. The number of likely N-dealkylation sites (tertiary alicyclic amines) is 1. The van der Waals surface area contributed by atoms with Crippen molar-refractivity contribution >= 4 is 41.7 Å². The summed E-state index contributed by atoms with van der Waals surface area (Å²) in [6.07, 6.45) is -1.78. The first-order valence-electron chi connectivity index (χ1n) is 9.25. The third-order valence-corrected chi connectivity index (χ3v) is 4.44. The first-order valence-corrected chi connectivity index (χ1v) is 9.25. The fourth-order valence-electron chi connectivity index (χ4n) is 3.05. The zero-order chi connectivity index (χ0) is 20.6. The van der Waals surface area contributed by atoms with E-state index in [4.69, 9.17) is 4.74 Å². The van der Waals surface area contributed by atoms with E-state index in [2.05, 4.69) is 20.6 Å². The molecule has 1 saturated heterocycles. The summed E-state index contributed by atoms with van der Waals surface area (Å²) in [7, 11) is 1.65. The maximum Gasteiger partial charge on any atom is 0.419 e. The lowest BCUT2D eigenvalue weighted by molar-refractivity contribution is -0.149. The molecule has 0 radical (unpaired) electrons. The van der Waals surface area contributed by atoms with Crippen LogP contribution >= 0.6 is 24.0 Å². The molecule has 0 aromatic carbocycles. The highest BCUT2D eigenvalue weighted by Crippen LogP contribution is 2.33. The van der Waals surface area contributed by atoms with Gasteiger partial charge in [-0.2, -0.15) is 13.2 Å². The van der Waals surface area contributed by atoms with Crippen molar-refractivity contribution in [2.24, 2.45) is 10.9 Å². The highest BCUT2D eigenvalue weighted by molar-refractivity contribution is 14.0. The molecule has 11 heteroatoms. The van der Waals surface area contributed by atoms with Gasteiger partial charge in [0.1, 0.15) is 5.82 Å². The molecule has 2 heterocycles. The van der Waals surface area contributed by atoms with Crippen molar-refractivity contribution in [1.82, 2.24) is 15.2 Å². The summed E-state index contributed by atoms with van der Waals surface area (Å²) in [6.45, 7) is 4.11. The molecule has 164 valence electrons. The number of nitrogens with zero attached hydrogens (tertiary/aromatic N) is 3. The van der Waals surface area contributed by atoms with Gasteiger partial charge in [0.2, 0.25) is 0 Å². The fourth-order valence-corrected chi connectivity index (χ4v) is 3.05. The van der Waals surface area contributed by atoms with Gasteiger partial charge in [0.05, 0.1) is 18.1 Å². The summed E-state index contributed by atoms with van der Waals surface area (Å²) in [5.74, 6) is 0.203. The predicted octanol–water partition coefficient (Wildman–Crippen LogP) is 2.98. The Morgan fingerprint density at radius 3 is 2.62 bits per heavy atom. The number of hydrogen-bond acceptors (Lipinski definition) is 5. The smallest absolute Gasteiger partial charge is 0.419 e. The van der Waals surface area contributed by atoms with Gasteiger partial charge >= 0.3 is 12.1 Å².